The molecular weight excluding hydrogens is 1030 g/mol. The van der Waals surface area contributed by atoms with Crippen LogP contribution in [0.1, 0.15) is 11.1 Å². The normalized spacial score (nSPS) is 10.1. The number of rotatable bonds is 2. The van der Waals surface area contributed by atoms with E-state index in [9.17, 15) is 0 Å². The van der Waals surface area contributed by atoms with Gasteiger partial charge in [0.25, 0.3) is 0 Å². The van der Waals surface area contributed by atoms with Gasteiger partial charge in [0.15, 0.2) is 0 Å². The Hall–Kier alpha value is -4.50. The van der Waals surface area contributed by atoms with Crippen LogP contribution in [0, 0.1) is 13.8 Å². The molecule has 0 saturated carbocycles. The first-order valence-corrected chi connectivity index (χ1v) is 33.1. The minimum Gasteiger partial charge on any atom is -1.00 e. The molecule has 0 radical (unpaired) electrons. The van der Waals surface area contributed by atoms with Crippen LogP contribution in [-0.2, 0) is 46.7 Å². The molecule has 0 aromatic heterocycles. The van der Waals surface area contributed by atoms with Crippen LogP contribution in [-0.4, -0.2) is 10.9 Å². The summed E-state index contributed by atoms with van der Waals surface area (Å²) in [5, 5.41) is 19.3. The summed E-state index contributed by atoms with van der Waals surface area (Å²) in [6.07, 6.45) is 0. The molecule has 0 amide bonds. The molecule has 0 aliphatic heterocycles. The monoisotopic (exact) mass is 1080 g/mol. The predicted octanol–water partition coefficient (Wildman–Crippen LogP) is 9.29. The van der Waals surface area contributed by atoms with Crippen LogP contribution in [0.25, 0.3) is 64.6 Å². The van der Waals surface area contributed by atoms with Gasteiger partial charge < -0.3 is 24.8 Å². The number of benzene rings is 8. The average Bonchev–Trinajstić information content (AvgIpc) is 4.13. The van der Waals surface area contributed by atoms with Crippen LogP contribution < -0.4 is 35.2 Å². The van der Waals surface area contributed by atoms with Gasteiger partial charge in [0.2, 0.25) is 0 Å². The summed E-state index contributed by atoms with van der Waals surface area (Å²) in [5.74, 6) is 0. The van der Waals surface area contributed by atoms with Crippen molar-refractivity contribution in [2.45, 2.75) is 26.9 Å². The second kappa shape index (κ2) is 26.7. The first kappa shape index (κ1) is 52.5. The van der Waals surface area contributed by atoms with Gasteiger partial charge in [-0.2, -0.15) is 23.3 Å². The average molecular weight is 1080 g/mol. The molecule has 0 nitrogen and oxygen atoms in total. The van der Waals surface area contributed by atoms with Gasteiger partial charge in [-0.25, -0.2) is 0 Å². The molecule has 12 rings (SSSR count). The summed E-state index contributed by atoms with van der Waals surface area (Å²) in [7, 11) is 0. The van der Waals surface area contributed by atoms with Gasteiger partial charge >= 0.3 is 142 Å². The molecule has 0 bridgehead atoms. The fraction of sp³-hybridized carbons (Fsp3) is 0.0667. The van der Waals surface area contributed by atoms with Crippen LogP contribution in [0.4, 0.5) is 0 Å². The zero-order valence-electron chi connectivity index (χ0n) is 37.8. The largest absolute Gasteiger partial charge is 1.00 e. The van der Waals surface area contributed by atoms with Crippen molar-refractivity contribution in [2.75, 3.05) is 0 Å². The van der Waals surface area contributed by atoms with E-state index in [1.165, 1.54) is 75.8 Å². The Balaban J connectivity index is 0.000000149. The minimum atomic E-state index is -0.122. The van der Waals surface area contributed by atoms with Crippen molar-refractivity contribution in [3.05, 3.63) is 254 Å². The standard InChI is InChI=1S/2C13H9.2C10H9.2C7H8Si.2ClH.2Zr/c2*1-3-7-12-10(5-1)9-11-6-2-4-8-13(11)12;2*1-8-6-7-9-4-2-3-5-10(8)9;2*1-8-7-5-3-2-4-6-7;;;;/h2*1-9H;2*2-7H,1H3;2*2-6H,1H3;2*1H;;/q4*-1;;;;;2*+2/p-2. The summed E-state index contributed by atoms with van der Waals surface area (Å²) >= 11 is 3.38. The molecule has 12 aromatic rings. The van der Waals surface area contributed by atoms with E-state index in [1.54, 1.807) is 57.0 Å². The SMILES string of the molecule is C[Si](=[Zr+2])c1ccccc1.C[Si](=[Zr+2])c1ccccc1.Cc1c[cH-]c2ccccc12.Cc1c[cH-]c2ccccc12.[Cl-].[Cl-].c1ccc2c(c1)[cH-]c1ccccc12.c1ccc2c(c1)[cH-]c1ccccc12. The van der Waals surface area contributed by atoms with Crippen LogP contribution in [0.3, 0.4) is 0 Å². The van der Waals surface area contributed by atoms with Gasteiger partial charge in [-0.05, 0) is 0 Å². The van der Waals surface area contributed by atoms with Gasteiger partial charge in [0.05, 0.1) is 0 Å². The van der Waals surface area contributed by atoms with Crippen molar-refractivity contribution in [3.8, 4) is 0 Å². The molecule has 0 heterocycles. The van der Waals surface area contributed by atoms with Crippen molar-refractivity contribution >= 4 is 85.9 Å². The van der Waals surface area contributed by atoms with E-state index in [-0.39, 0.29) is 35.7 Å². The summed E-state index contributed by atoms with van der Waals surface area (Å²) in [6, 6.07) is 85.6. The predicted molar refractivity (Wildman–Crippen MR) is 278 cm³/mol. The Kier molecular flexibility index (Phi) is 21.3. The fourth-order valence-electron chi connectivity index (χ4n) is 7.80. The smallest absolute Gasteiger partial charge is 0.0771 e. The van der Waals surface area contributed by atoms with E-state index >= 15 is 0 Å². The third-order valence-electron chi connectivity index (χ3n) is 11.3. The Bertz CT molecular complexity index is 3050. The maximum absolute atomic E-state index is 2.35. The third-order valence-corrected chi connectivity index (χ3v) is 17.9. The van der Waals surface area contributed by atoms with E-state index in [2.05, 4.69) is 270 Å². The van der Waals surface area contributed by atoms with E-state index in [0.29, 0.717) is 0 Å². The van der Waals surface area contributed by atoms with Crippen molar-refractivity contribution in [1.29, 1.82) is 0 Å². The molecule has 0 aliphatic rings. The molecule has 0 aliphatic carbocycles. The quantitative estimate of drug-likeness (QED) is 0.120. The molecule has 0 atom stereocenters. The van der Waals surface area contributed by atoms with E-state index in [4.69, 9.17) is 0 Å². The molecule has 66 heavy (non-hydrogen) atoms. The Morgan fingerprint density at radius 2 is 0.530 bits per heavy atom. The van der Waals surface area contributed by atoms with Crippen LogP contribution in [0.15, 0.2) is 243 Å². The Labute approximate surface area is 433 Å². The van der Waals surface area contributed by atoms with E-state index < -0.39 is 0 Å². The van der Waals surface area contributed by atoms with Crippen LogP contribution in [0.5, 0.6) is 0 Å². The molecule has 0 N–H and O–H groups in total. The number of fused-ring (bicyclic) bond motifs is 8. The summed E-state index contributed by atoms with van der Waals surface area (Å²) < 4.78 is 0. The second-order valence-electron chi connectivity index (χ2n) is 15.8. The first-order valence-electron chi connectivity index (χ1n) is 21.8. The molecule has 0 spiro atoms. The Morgan fingerprint density at radius 3 is 0.773 bits per heavy atom. The third kappa shape index (κ3) is 14.3. The van der Waals surface area contributed by atoms with Crippen molar-refractivity contribution in [3.63, 3.8) is 0 Å². The van der Waals surface area contributed by atoms with E-state index in [0.717, 1.165) is 0 Å². The summed E-state index contributed by atoms with van der Waals surface area (Å²) in [4.78, 5) is 0. The molecule has 12 aromatic carbocycles. The molecular formula is C60H52Cl2Si2Zr2-2. The van der Waals surface area contributed by atoms with Crippen LogP contribution >= 0.6 is 0 Å². The van der Waals surface area contributed by atoms with Crippen molar-refractivity contribution in [1.82, 2.24) is 0 Å². The van der Waals surface area contributed by atoms with Gasteiger partial charge in [-0.1, -0.05) is 98.8 Å². The van der Waals surface area contributed by atoms with Gasteiger partial charge in [-0.3, -0.25) is 0 Å². The second-order valence-corrected chi connectivity index (χ2v) is 30.5. The van der Waals surface area contributed by atoms with Gasteiger partial charge in [-0.15, -0.1) is 150 Å². The number of aryl methyl sites for hydroxylation is 2. The molecule has 0 saturated heterocycles. The van der Waals surface area contributed by atoms with Gasteiger partial charge in [0.1, 0.15) is 0 Å². The number of hydrogen-bond donors (Lipinski definition) is 0. The molecule has 0 unspecified atom stereocenters. The maximum atomic E-state index is 2.35. The topological polar surface area (TPSA) is 0 Å². The molecule has 324 valence electrons. The fourth-order valence-corrected chi connectivity index (χ4v) is 11.6. The molecule has 6 heteroatoms. The zero-order valence-corrected chi connectivity index (χ0v) is 46.3. The van der Waals surface area contributed by atoms with Crippen molar-refractivity contribution in [2.24, 2.45) is 0 Å². The summed E-state index contributed by atoms with van der Waals surface area (Å²) in [5.41, 5.74) is 2.50. The number of halogens is 2. The zero-order chi connectivity index (χ0) is 44.7. The number of hydrogen-bond acceptors (Lipinski definition) is 0. The van der Waals surface area contributed by atoms with E-state index in [1.807, 2.05) is 0 Å². The Morgan fingerprint density at radius 1 is 0.303 bits per heavy atom. The van der Waals surface area contributed by atoms with Crippen LogP contribution in [0.2, 0.25) is 13.1 Å². The minimum absolute atomic E-state index is 0. The molecule has 0 fully saturated rings. The first-order chi connectivity index (χ1) is 31.3. The summed E-state index contributed by atoms with van der Waals surface area (Å²) in [6.45, 7) is 8.97. The maximum Gasteiger partial charge on any atom is -0.0771 e. The van der Waals surface area contributed by atoms with Crippen molar-refractivity contribution < 1.29 is 71.5 Å². The van der Waals surface area contributed by atoms with Gasteiger partial charge in [0, 0.05) is 0 Å².